The van der Waals surface area contributed by atoms with E-state index in [1.165, 1.54) is 69.8 Å². The zero-order chi connectivity index (χ0) is 17.6. The van der Waals surface area contributed by atoms with Crippen molar-refractivity contribution in [3.8, 4) is 0 Å². The summed E-state index contributed by atoms with van der Waals surface area (Å²) in [6, 6.07) is 9.67. The van der Waals surface area contributed by atoms with E-state index in [-0.39, 0.29) is 0 Å². The molecule has 138 valence electrons. The summed E-state index contributed by atoms with van der Waals surface area (Å²) < 4.78 is 0. The number of benzene rings is 1. The van der Waals surface area contributed by atoms with Crippen molar-refractivity contribution >= 4 is 5.57 Å². The van der Waals surface area contributed by atoms with Crippen LogP contribution in [0.15, 0.2) is 30.3 Å². The normalized spacial score (nSPS) is 28.4. The molecule has 1 fully saturated rings. The maximum absolute atomic E-state index is 2.54. The van der Waals surface area contributed by atoms with E-state index < -0.39 is 0 Å². The second-order valence-electron chi connectivity index (χ2n) is 8.87. The minimum absolute atomic E-state index is 0.817. The van der Waals surface area contributed by atoms with Crippen molar-refractivity contribution in [1.82, 2.24) is 0 Å². The number of allylic oxidation sites excluding steroid dienone is 2. The van der Waals surface area contributed by atoms with Gasteiger partial charge in [-0.2, -0.15) is 0 Å². The molecule has 1 aromatic carbocycles. The Balaban J connectivity index is 1.56. The Bertz CT molecular complexity index is 542. The molecule has 0 N–H and O–H groups in total. The summed E-state index contributed by atoms with van der Waals surface area (Å²) in [5.41, 5.74) is 4.67. The Labute approximate surface area is 156 Å². The van der Waals surface area contributed by atoms with E-state index in [1.807, 2.05) is 0 Å². The molecule has 0 heterocycles. The van der Waals surface area contributed by atoms with Gasteiger partial charge in [0, 0.05) is 0 Å². The van der Waals surface area contributed by atoms with Gasteiger partial charge in [0.15, 0.2) is 0 Å². The lowest BCUT2D eigenvalue weighted by Gasteiger charge is -2.28. The number of hydrogen-bond donors (Lipinski definition) is 0. The Morgan fingerprint density at radius 2 is 1.64 bits per heavy atom. The predicted molar refractivity (Wildman–Crippen MR) is 111 cm³/mol. The maximum atomic E-state index is 2.54. The summed E-state index contributed by atoms with van der Waals surface area (Å²) in [5.74, 6) is 3.62. The van der Waals surface area contributed by atoms with Crippen molar-refractivity contribution in [3.63, 3.8) is 0 Å². The third-order valence-corrected chi connectivity index (χ3v) is 7.13. The van der Waals surface area contributed by atoms with Gasteiger partial charge in [-0.15, -0.1) is 0 Å². The van der Waals surface area contributed by atoms with Crippen LogP contribution < -0.4 is 0 Å². The molecule has 0 nitrogen and oxygen atoms in total. The molecular weight excluding hydrogens is 300 g/mol. The van der Waals surface area contributed by atoms with Gasteiger partial charge in [0.1, 0.15) is 0 Å². The van der Waals surface area contributed by atoms with Crippen molar-refractivity contribution in [1.29, 1.82) is 0 Å². The van der Waals surface area contributed by atoms with Crippen molar-refractivity contribution in [2.24, 2.45) is 17.8 Å². The average Bonchev–Trinajstić information content (AvgIpc) is 2.69. The summed E-state index contributed by atoms with van der Waals surface area (Å²) in [4.78, 5) is 0. The third kappa shape index (κ3) is 4.99. The molecule has 3 rings (SSSR count). The molecule has 1 aromatic rings. The maximum Gasteiger partial charge on any atom is -0.0162 e. The average molecular weight is 339 g/mol. The molecule has 0 spiro atoms. The summed E-state index contributed by atoms with van der Waals surface area (Å²) >= 11 is 0. The van der Waals surface area contributed by atoms with Crippen LogP contribution in [0.4, 0.5) is 0 Å². The highest BCUT2D eigenvalue weighted by Crippen LogP contribution is 2.38. The molecule has 25 heavy (non-hydrogen) atoms. The van der Waals surface area contributed by atoms with Crippen molar-refractivity contribution in [2.45, 2.75) is 90.9 Å². The highest BCUT2D eigenvalue weighted by atomic mass is 14.3. The van der Waals surface area contributed by atoms with E-state index in [0.29, 0.717) is 0 Å². The molecule has 0 aromatic heterocycles. The van der Waals surface area contributed by atoms with Gasteiger partial charge >= 0.3 is 0 Å². The molecule has 2 aliphatic carbocycles. The van der Waals surface area contributed by atoms with Crippen LogP contribution in [0.3, 0.4) is 0 Å². The first-order valence-corrected chi connectivity index (χ1v) is 11.0. The van der Waals surface area contributed by atoms with Crippen molar-refractivity contribution in [3.05, 3.63) is 41.5 Å². The van der Waals surface area contributed by atoms with Gasteiger partial charge in [-0.05, 0) is 91.7 Å². The first-order valence-electron chi connectivity index (χ1n) is 11.0. The van der Waals surface area contributed by atoms with Crippen LogP contribution in [-0.4, -0.2) is 0 Å². The Morgan fingerprint density at radius 1 is 0.920 bits per heavy atom. The SMILES string of the molecule is CCC(C)CC1CC=C(c2ccc([C@H]3CC[C@H](CC)CC3)cc2)CC1. The number of rotatable bonds is 6. The van der Waals surface area contributed by atoms with Crippen LogP contribution in [0.25, 0.3) is 5.57 Å². The number of hydrogen-bond acceptors (Lipinski definition) is 0. The van der Waals surface area contributed by atoms with Gasteiger partial charge in [-0.1, -0.05) is 64.0 Å². The Kier molecular flexibility index (Phi) is 6.79. The fourth-order valence-corrected chi connectivity index (χ4v) is 4.97. The first-order chi connectivity index (χ1) is 12.2. The van der Waals surface area contributed by atoms with Crippen LogP contribution in [0, 0.1) is 17.8 Å². The van der Waals surface area contributed by atoms with Gasteiger partial charge < -0.3 is 0 Å². The standard InChI is InChI=1S/C25H38/c1-4-19(3)18-21-8-12-23(13-9-21)25-16-14-24(15-17-25)22-10-6-20(5-2)7-11-22/h12,14-17,19-22H,4-11,13,18H2,1-3H3/t19?,20-,21?,22-. The molecular formula is C25H38. The summed E-state index contributed by atoms with van der Waals surface area (Å²) in [7, 11) is 0. The Hall–Kier alpha value is -1.04. The highest BCUT2D eigenvalue weighted by Gasteiger charge is 2.22. The monoisotopic (exact) mass is 338 g/mol. The lowest BCUT2D eigenvalue weighted by Crippen LogP contribution is -2.12. The molecule has 0 saturated heterocycles. The first kappa shape index (κ1) is 18.7. The molecule has 2 aliphatic rings. The van der Waals surface area contributed by atoms with Gasteiger partial charge in [0.05, 0.1) is 0 Å². The van der Waals surface area contributed by atoms with E-state index in [9.17, 15) is 0 Å². The van der Waals surface area contributed by atoms with E-state index in [2.05, 4.69) is 51.1 Å². The van der Waals surface area contributed by atoms with Crippen LogP contribution in [0.1, 0.15) is 102 Å². The van der Waals surface area contributed by atoms with Crippen LogP contribution in [-0.2, 0) is 0 Å². The molecule has 1 saturated carbocycles. The third-order valence-electron chi connectivity index (χ3n) is 7.13. The van der Waals surface area contributed by atoms with Crippen LogP contribution >= 0.6 is 0 Å². The molecule has 0 heteroatoms. The van der Waals surface area contributed by atoms with E-state index in [4.69, 9.17) is 0 Å². The Morgan fingerprint density at radius 3 is 2.20 bits per heavy atom. The zero-order valence-corrected chi connectivity index (χ0v) is 16.8. The minimum Gasteiger partial charge on any atom is -0.0804 e. The molecule has 2 atom stereocenters. The lowest BCUT2D eigenvalue weighted by atomic mass is 9.77. The fraction of sp³-hybridized carbons (Fsp3) is 0.680. The topological polar surface area (TPSA) is 0 Å². The zero-order valence-electron chi connectivity index (χ0n) is 16.8. The highest BCUT2D eigenvalue weighted by molar-refractivity contribution is 5.66. The molecule has 0 amide bonds. The van der Waals surface area contributed by atoms with Gasteiger partial charge in [0.25, 0.3) is 0 Å². The smallest absolute Gasteiger partial charge is 0.0162 e. The van der Waals surface area contributed by atoms with Crippen molar-refractivity contribution < 1.29 is 0 Å². The lowest BCUT2D eigenvalue weighted by molar-refractivity contribution is 0.319. The quantitative estimate of drug-likeness (QED) is 0.493. The minimum atomic E-state index is 0.817. The van der Waals surface area contributed by atoms with Crippen LogP contribution in [0.5, 0.6) is 0 Å². The van der Waals surface area contributed by atoms with Gasteiger partial charge in [-0.25, -0.2) is 0 Å². The largest absolute Gasteiger partial charge is 0.0804 e. The second-order valence-corrected chi connectivity index (χ2v) is 8.87. The van der Waals surface area contributed by atoms with Crippen molar-refractivity contribution in [2.75, 3.05) is 0 Å². The predicted octanol–water partition coefficient (Wildman–Crippen LogP) is 7.99. The van der Waals surface area contributed by atoms with E-state index in [1.54, 1.807) is 11.1 Å². The van der Waals surface area contributed by atoms with E-state index >= 15 is 0 Å². The van der Waals surface area contributed by atoms with Gasteiger partial charge in [0.2, 0.25) is 0 Å². The summed E-state index contributed by atoms with van der Waals surface area (Å²) in [6.07, 6.45) is 16.3. The summed E-state index contributed by atoms with van der Waals surface area (Å²) in [5, 5.41) is 0. The molecule has 0 aliphatic heterocycles. The van der Waals surface area contributed by atoms with Gasteiger partial charge in [-0.3, -0.25) is 0 Å². The molecule has 2 unspecified atom stereocenters. The van der Waals surface area contributed by atoms with E-state index in [0.717, 1.165) is 23.7 Å². The second kappa shape index (κ2) is 9.06. The van der Waals surface area contributed by atoms with Crippen LogP contribution in [0.2, 0.25) is 0 Å². The molecule has 0 bridgehead atoms. The summed E-state index contributed by atoms with van der Waals surface area (Å²) in [6.45, 7) is 7.09. The fourth-order valence-electron chi connectivity index (χ4n) is 4.97. The molecule has 0 radical (unpaired) electrons.